The summed E-state index contributed by atoms with van der Waals surface area (Å²) >= 11 is 0. The van der Waals surface area contributed by atoms with Gasteiger partial charge in [-0.3, -0.25) is 21.1 Å². The van der Waals surface area contributed by atoms with E-state index in [4.69, 9.17) is 20.3 Å². The summed E-state index contributed by atoms with van der Waals surface area (Å²) in [5.41, 5.74) is 10.5. The molecule has 0 aliphatic carbocycles. The van der Waals surface area contributed by atoms with Gasteiger partial charge in [-0.2, -0.15) is 5.10 Å². The van der Waals surface area contributed by atoms with Gasteiger partial charge in [0.05, 0.1) is 17.5 Å². The van der Waals surface area contributed by atoms with Crippen molar-refractivity contribution >= 4 is 28.3 Å². The lowest BCUT2D eigenvalue weighted by atomic mass is 10.0. The number of rotatable bonds is 6. The Morgan fingerprint density at radius 3 is 2.40 bits per heavy atom. The molecule has 1 saturated heterocycles. The highest BCUT2D eigenvalue weighted by Gasteiger charge is 2.16. The van der Waals surface area contributed by atoms with Crippen molar-refractivity contribution in [3.8, 4) is 11.3 Å². The van der Waals surface area contributed by atoms with E-state index in [1.54, 1.807) is 6.26 Å². The van der Waals surface area contributed by atoms with Gasteiger partial charge in [-0.15, -0.1) is 0 Å². The average molecular weight is 578 g/mol. The number of H-pyrrole nitrogens is 1. The van der Waals surface area contributed by atoms with E-state index >= 15 is 0 Å². The molecule has 7 nitrogen and oxygen atoms in total. The molecule has 1 fully saturated rings. The number of nitrogens with zero attached hydrogens (tertiary/aromatic N) is 2. The first kappa shape index (κ1) is 32.4. The minimum atomic E-state index is -0.670. The standard InChI is InChI=1S/C17H14N4O2.C12H15F2N.2C2H6/c18-9-23-17(19)12-1-3-14-13(8-12)16(21-20-14)11-2-4-15-10(7-11)5-6-22-15;13-11-5-4-6-12(14)10(11)9-15-7-2-1-3-8-15;2*1-2/h1-9,17-18H,19H2,(H,20,21);4-6H,1-3,7-9H2;2*1-2H3. The van der Waals surface area contributed by atoms with Crippen LogP contribution in [0, 0.1) is 17.0 Å². The molecule has 5 aromatic rings. The average Bonchev–Trinajstić information content (AvgIpc) is 3.68. The summed E-state index contributed by atoms with van der Waals surface area (Å²) in [4.78, 5) is 2.12. The molecular weight excluding hydrogens is 536 g/mol. The molecule has 1 atom stereocenters. The number of furan rings is 1. The molecule has 0 radical (unpaired) electrons. The van der Waals surface area contributed by atoms with Crippen LogP contribution >= 0.6 is 0 Å². The molecule has 3 aromatic carbocycles. The number of nitrogens with one attached hydrogen (secondary N) is 2. The van der Waals surface area contributed by atoms with Crippen LogP contribution < -0.4 is 5.73 Å². The number of hydrogen-bond donors (Lipinski definition) is 3. The zero-order valence-electron chi connectivity index (χ0n) is 24.8. The van der Waals surface area contributed by atoms with Crippen LogP contribution in [0.3, 0.4) is 0 Å². The Morgan fingerprint density at radius 1 is 1.00 bits per heavy atom. The fraction of sp³-hybridized carbons (Fsp3) is 0.333. The summed E-state index contributed by atoms with van der Waals surface area (Å²) in [6.07, 6.45) is 5.35. The summed E-state index contributed by atoms with van der Waals surface area (Å²) in [5, 5.41) is 16.4. The maximum Gasteiger partial charge on any atom is 0.175 e. The molecule has 224 valence electrons. The number of halogens is 2. The van der Waals surface area contributed by atoms with Crippen LogP contribution in [-0.4, -0.2) is 34.6 Å². The molecule has 1 aliphatic heterocycles. The Labute approximate surface area is 246 Å². The quantitative estimate of drug-likeness (QED) is 0.107. The van der Waals surface area contributed by atoms with E-state index in [0.717, 1.165) is 71.0 Å². The van der Waals surface area contributed by atoms with Gasteiger partial charge in [-0.1, -0.05) is 46.2 Å². The molecule has 0 bridgehead atoms. The lowest BCUT2D eigenvalue weighted by Gasteiger charge is -2.26. The van der Waals surface area contributed by atoms with Gasteiger partial charge in [0.1, 0.15) is 17.2 Å². The maximum absolute atomic E-state index is 13.3. The molecule has 0 amide bonds. The molecule has 1 unspecified atom stereocenters. The molecule has 42 heavy (non-hydrogen) atoms. The first-order valence-electron chi connectivity index (χ1n) is 14.5. The van der Waals surface area contributed by atoms with E-state index in [1.165, 1.54) is 24.6 Å². The number of benzene rings is 3. The van der Waals surface area contributed by atoms with Crippen molar-refractivity contribution in [2.75, 3.05) is 13.1 Å². The van der Waals surface area contributed by atoms with Crippen molar-refractivity contribution in [2.45, 2.75) is 59.7 Å². The number of aromatic amines is 1. The van der Waals surface area contributed by atoms with E-state index in [2.05, 4.69) is 15.1 Å². The summed E-state index contributed by atoms with van der Waals surface area (Å²) in [6.45, 7) is 10.3. The second-order valence-electron chi connectivity index (χ2n) is 9.26. The first-order valence-corrected chi connectivity index (χ1v) is 14.5. The highest BCUT2D eigenvalue weighted by atomic mass is 19.1. The first-order chi connectivity index (χ1) is 20.5. The van der Waals surface area contributed by atoms with E-state index < -0.39 is 17.9 Å². The third-order valence-electron chi connectivity index (χ3n) is 6.75. The van der Waals surface area contributed by atoms with Gasteiger partial charge in [0.2, 0.25) is 0 Å². The molecule has 0 saturated carbocycles. The van der Waals surface area contributed by atoms with E-state index in [-0.39, 0.29) is 5.56 Å². The Bertz CT molecular complexity index is 1520. The second kappa shape index (κ2) is 16.4. The normalized spacial score (nSPS) is 13.6. The molecule has 6 rings (SSSR count). The third kappa shape index (κ3) is 8.02. The monoisotopic (exact) mass is 577 g/mol. The van der Waals surface area contributed by atoms with Crippen molar-refractivity contribution in [1.82, 2.24) is 15.1 Å². The van der Waals surface area contributed by atoms with Crippen LogP contribution in [0.25, 0.3) is 33.1 Å². The van der Waals surface area contributed by atoms with Crippen LogP contribution in [0.15, 0.2) is 71.3 Å². The highest BCUT2D eigenvalue weighted by Crippen LogP contribution is 2.30. The van der Waals surface area contributed by atoms with E-state index in [1.807, 2.05) is 70.2 Å². The maximum atomic E-state index is 13.3. The van der Waals surface area contributed by atoms with Crippen molar-refractivity contribution in [1.29, 1.82) is 5.41 Å². The lowest BCUT2D eigenvalue weighted by Crippen LogP contribution is -2.29. The number of fused-ring (bicyclic) bond motifs is 2. The van der Waals surface area contributed by atoms with Crippen molar-refractivity contribution in [3.05, 3.63) is 89.7 Å². The van der Waals surface area contributed by atoms with Crippen molar-refractivity contribution < 1.29 is 17.9 Å². The molecule has 1 aliphatic rings. The van der Waals surface area contributed by atoms with E-state index in [0.29, 0.717) is 6.54 Å². The number of hydrogen-bond acceptors (Lipinski definition) is 6. The highest BCUT2D eigenvalue weighted by molar-refractivity contribution is 5.95. The van der Waals surface area contributed by atoms with Crippen molar-refractivity contribution in [2.24, 2.45) is 5.73 Å². The Balaban J connectivity index is 0.000000221. The summed E-state index contributed by atoms with van der Waals surface area (Å²) < 4.78 is 37.1. The van der Waals surface area contributed by atoms with Gasteiger partial charge >= 0.3 is 0 Å². The molecule has 2 aromatic heterocycles. The van der Waals surface area contributed by atoms with Gasteiger partial charge in [-0.25, -0.2) is 8.78 Å². The smallest absolute Gasteiger partial charge is 0.175 e. The Kier molecular flexibility index (Phi) is 12.7. The number of likely N-dealkylation sites (tertiary alicyclic amines) is 1. The fourth-order valence-electron chi connectivity index (χ4n) is 4.72. The zero-order valence-corrected chi connectivity index (χ0v) is 24.8. The van der Waals surface area contributed by atoms with Crippen LogP contribution in [0.1, 0.15) is 64.3 Å². The van der Waals surface area contributed by atoms with Gasteiger partial charge in [0, 0.05) is 34.0 Å². The second-order valence-corrected chi connectivity index (χ2v) is 9.26. The number of piperidine rings is 1. The van der Waals surface area contributed by atoms with Gasteiger partial charge in [0.25, 0.3) is 0 Å². The number of ether oxygens (including phenoxy) is 1. The SMILES string of the molecule is CC.CC.Fc1cccc(F)c1CN1CCCCC1.N=COC(N)c1ccc2[nH]nc(-c3ccc4occc4c3)c2c1. The van der Waals surface area contributed by atoms with Crippen LogP contribution in [-0.2, 0) is 11.3 Å². The van der Waals surface area contributed by atoms with E-state index in [9.17, 15) is 8.78 Å². The number of aromatic nitrogens is 2. The molecule has 3 heterocycles. The summed E-state index contributed by atoms with van der Waals surface area (Å²) in [7, 11) is 0. The fourth-order valence-corrected chi connectivity index (χ4v) is 4.72. The predicted octanol–water partition coefficient (Wildman–Crippen LogP) is 8.56. The largest absolute Gasteiger partial charge is 0.464 e. The van der Waals surface area contributed by atoms with Gasteiger partial charge < -0.3 is 9.15 Å². The van der Waals surface area contributed by atoms with Crippen LogP contribution in [0.2, 0.25) is 0 Å². The van der Waals surface area contributed by atoms with Crippen LogP contribution in [0.5, 0.6) is 0 Å². The van der Waals surface area contributed by atoms with Crippen molar-refractivity contribution in [3.63, 3.8) is 0 Å². The molecule has 9 heteroatoms. The number of nitrogens with two attached hydrogens (primary N) is 1. The van der Waals surface area contributed by atoms with Gasteiger partial charge in [0.15, 0.2) is 12.6 Å². The zero-order chi connectivity index (χ0) is 30.5. The molecular formula is C33H41F2N5O2. The minimum absolute atomic E-state index is 0.208. The Hall–Kier alpha value is -4.08. The topological polar surface area (TPSA) is 104 Å². The Morgan fingerprint density at radius 2 is 1.71 bits per heavy atom. The minimum Gasteiger partial charge on any atom is -0.464 e. The molecule has 4 N–H and O–H groups in total. The van der Waals surface area contributed by atoms with Crippen LogP contribution in [0.4, 0.5) is 8.78 Å². The summed E-state index contributed by atoms with van der Waals surface area (Å²) in [6, 6.07) is 17.6. The third-order valence-corrected chi connectivity index (χ3v) is 6.75. The lowest BCUT2D eigenvalue weighted by molar-refractivity contribution is 0.210. The summed E-state index contributed by atoms with van der Waals surface area (Å²) in [5.74, 6) is -0.860. The van der Waals surface area contributed by atoms with Gasteiger partial charge in [-0.05, 0) is 74.5 Å². The molecule has 0 spiro atoms. The predicted molar refractivity (Wildman–Crippen MR) is 166 cm³/mol.